The largest absolute Gasteiger partial charge is 0.472 e. The SMILES string of the molecule is COc1nnc(CN2CCC3(CC2)C[C@@H](c2ccccc2)C(=O)N3)s1. The number of rotatable bonds is 4. The van der Waals surface area contributed by atoms with Gasteiger partial charge in [-0.25, -0.2) is 0 Å². The minimum Gasteiger partial charge on any atom is -0.472 e. The summed E-state index contributed by atoms with van der Waals surface area (Å²) in [5, 5.41) is 13.0. The molecular formula is C18H22N4O2S. The number of benzene rings is 1. The van der Waals surface area contributed by atoms with Crippen molar-refractivity contribution < 1.29 is 9.53 Å². The fourth-order valence-corrected chi connectivity index (χ4v) is 4.58. The van der Waals surface area contributed by atoms with Gasteiger partial charge < -0.3 is 10.1 Å². The van der Waals surface area contributed by atoms with E-state index in [2.05, 4.69) is 32.5 Å². The lowest BCUT2D eigenvalue weighted by Crippen LogP contribution is -2.50. The van der Waals surface area contributed by atoms with Crippen molar-refractivity contribution in [2.24, 2.45) is 0 Å². The van der Waals surface area contributed by atoms with Gasteiger partial charge in [-0.05, 0) is 24.8 Å². The molecule has 1 atom stereocenters. The average Bonchev–Trinajstić information content (AvgIpc) is 3.22. The second-order valence-electron chi connectivity index (χ2n) is 6.88. The van der Waals surface area contributed by atoms with Crippen LogP contribution in [0.5, 0.6) is 5.19 Å². The Kier molecular flexibility index (Phi) is 4.43. The number of carbonyl (C=O) groups excluding carboxylic acids is 1. The number of ether oxygens (including phenoxy) is 1. The number of hydrogen-bond donors (Lipinski definition) is 1. The number of hydrogen-bond acceptors (Lipinski definition) is 6. The highest BCUT2D eigenvalue weighted by molar-refractivity contribution is 7.13. The maximum atomic E-state index is 12.5. The zero-order valence-corrected chi connectivity index (χ0v) is 15.1. The summed E-state index contributed by atoms with van der Waals surface area (Å²) in [6.07, 6.45) is 2.87. The number of methoxy groups -OCH3 is 1. The van der Waals surface area contributed by atoms with Crippen molar-refractivity contribution in [1.82, 2.24) is 20.4 Å². The summed E-state index contributed by atoms with van der Waals surface area (Å²) >= 11 is 1.49. The molecule has 6 nitrogen and oxygen atoms in total. The Hall–Kier alpha value is -1.99. The standard InChI is InChI=1S/C18H22N4O2S/c1-24-17-21-20-15(25-17)12-22-9-7-18(8-10-22)11-14(16(23)19-18)13-5-3-2-4-6-13/h2-6,14H,7-12H2,1H3,(H,19,23)/t14-/m0/s1. The van der Waals surface area contributed by atoms with E-state index in [1.54, 1.807) is 7.11 Å². The van der Waals surface area contributed by atoms with E-state index < -0.39 is 0 Å². The fourth-order valence-electron chi connectivity index (χ4n) is 3.88. The second kappa shape index (κ2) is 6.72. The number of nitrogens with zero attached hydrogens (tertiary/aromatic N) is 3. The van der Waals surface area contributed by atoms with Crippen LogP contribution in [0.1, 0.15) is 35.8 Å². The van der Waals surface area contributed by atoms with Gasteiger partial charge in [0, 0.05) is 18.6 Å². The Morgan fingerprint density at radius 2 is 2.04 bits per heavy atom. The van der Waals surface area contributed by atoms with Gasteiger partial charge in [0.25, 0.3) is 5.19 Å². The van der Waals surface area contributed by atoms with Crippen LogP contribution in [0.15, 0.2) is 30.3 Å². The molecule has 1 spiro atoms. The van der Waals surface area contributed by atoms with E-state index in [1.165, 1.54) is 11.3 Å². The summed E-state index contributed by atoms with van der Waals surface area (Å²) in [6.45, 7) is 2.72. The summed E-state index contributed by atoms with van der Waals surface area (Å²) in [5.41, 5.74) is 1.08. The van der Waals surface area contributed by atoms with Gasteiger partial charge in [0.2, 0.25) is 5.91 Å². The number of nitrogens with one attached hydrogen (secondary N) is 1. The van der Waals surface area contributed by atoms with Crippen molar-refractivity contribution in [1.29, 1.82) is 0 Å². The molecule has 2 aliphatic rings. The smallest absolute Gasteiger partial charge is 0.293 e. The summed E-state index contributed by atoms with van der Waals surface area (Å²) in [5.74, 6) is 0.161. The lowest BCUT2D eigenvalue weighted by atomic mass is 9.82. The predicted molar refractivity (Wildman–Crippen MR) is 95.6 cm³/mol. The quantitative estimate of drug-likeness (QED) is 0.907. The number of likely N-dealkylation sites (tertiary alicyclic amines) is 1. The van der Waals surface area contributed by atoms with Crippen molar-refractivity contribution in [3.63, 3.8) is 0 Å². The zero-order valence-electron chi connectivity index (χ0n) is 14.3. The van der Waals surface area contributed by atoms with E-state index in [-0.39, 0.29) is 17.4 Å². The molecule has 132 valence electrons. The first-order valence-electron chi connectivity index (χ1n) is 8.63. The third kappa shape index (κ3) is 3.39. The highest BCUT2D eigenvalue weighted by atomic mass is 32.1. The lowest BCUT2D eigenvalue weighted by Gasteiger charge is -2.39. The van der Waals surface area contributed by atoms with E-state index in [1.807, 2.05) is 18.2 Å². The minimum absolute atomic E-state index is 0.0137. The molecule has 0 radical (unpaired) electrons. The molecular weight excluding hydrogens is 336 g/mol. The first-order chi connectivity index (χ1) is 12.2. The first kappa shape index (κ1) is 16.5. The fraction of sp³-hybridized carbons (Fsp3) is 0.500. The Bertz CT molecular complexity index is 741. The zero-order chi connectivity index (χ0) is 17.3. The molecule has 1 amide bonds. The van der Waals surface area contributed by atoms with Gasteiger partial charge in [-0.1, -0.05) is 41.7 Å². The molecule has 25 heavy (non-hydrogen) atoms. The Morgan fingerprint density at radius 3 is 2.72 bits per heavy atom. The van der Waals surface area contributed by atoms with Crippen molar-refractivity contribution in [3.8, 4) is 5.19 Å². The molecule has 2 fully saturated rings. The maximum Gasteiger partial charge on any atom is 0.293 e. The molecule has 0 saturated carbocycles. The molecule has 3 heterocycles. The van der Waals surface area contributed by atoms with Crippen LogP contribution in [-0.2, 0) is 11.3 Å². The van der Waals surface area contributed by atoms with Gasteiger partial charge in [0.05, 0.1) is 19.6 Å². The predicted octanol–water partition coefficient (Wildman–Crippen LogP) is 2.19. The third-order valence-corrected chi connectivity index (χ3v) is 6.17. The Balaban J connectivity index is 1.37. The highest BCUT2D eigenvalue weighted by Crippen LogP contribution is 2.39. The summed E-state index contributed by atoms with van der Waals surface area (Å²) in [7, 11) is 1.61. The van der Waals surface area contributed by atoms with Crippen molar-refractivity contribution in [3.05, 3.63) is 40.9 Å². The molecule has 2 saturated heterocycles. The number of carbonyl (C=O) groups is 1. The van der Waals surface area contributed by atoms with Crippen LogP contribution in [-0.4, -0.2) is 46.7 Å². The van der Waals surface area contributed by atoms with Crippen LogP contribution in [0.4, 0.5) is 0 Å². The van der Waals surface area contributed by atoms with Gasteiger partial charge in [0.15, 0.2) is 0 Å². The van der Waals surface area contributed by atoms with E-state index in [9.17, 15) is 4.79 Å². The Labute approximate surface area is 151 Å². The second-order valence-corrected chi connectivity index (χ2v) is 7.90. The van der Waals surface area contributed by atoms with Crippen LogP contribution >= 0.6 is 11.3 Å². The van der Waals surface area contributed by atoms with Crippen LogP contribution in [0.3, 0.4) is 0 Å². The highest BCUT2D eigenvalue weighted by Gasteiger charge is 2.46. The summed E-state index contributed by atoms with van der Waals surface area (Å²) < 4.78 is 5.10. The van der Waals surface area contributed by atoms with Gasteiger partial charge >= 0.3 is 0 Å². The van der Waals surface area contributed by atoms with Crippen LogP contribution < -0.4 is 10.1 Å². The third-order valence-electron chi connectivity index (χ3n) is 5.30. The molecule has 7 heteroatoms. The monoisotopic (exact) mass is 358 g/mol. The van der Waals surface area contributed by atoms with Crippen LogP contribution in [0, 0.1) is 0 Å². The van der Waals surface area contributed by atoms with Crippen molar-refractivity contribution >= 4 is 17.2 Å². The minimum atomic E-state index is -0.0487. The first-order valence-corrected chi connectivity index (χ1v) is 9.45. The van der Waals surface area contributed by atoms with E-state index >= 15 is 0 Å². The molecule has 0 aliphatic carbocycles. The molecule has 0 bridgehead atoms. The molecule has 1 aromatic heterocycles. The molecule has 4 rings (SSSR count). The molecule has 0 unspecified atom stereocenters. The van der Waals surface area contributed by atoms with Crippen molar-refractivity contribution in [2.75, 3.05) is 20.2 Å². The van der Waals surface area contributed by atoms with Gasteiger partial charge in [0.1, 0.15) is 5.01 Å². The van der Waals surface area contributed by atoms with Crippen LogP contribution in [0.2, 0.25) is 0 Å². The maximum absolute atomic E-state index is 12.5. The van der Waals surface area contributed by atoms with E-state index in [0.717, 1.165) is 49.5 Å². The topological polar surface area (TPSA) is 67.4 Å². The number of amides is 1. The van der Waals surface area contributed by atoms with Gasteiger partial charge in [-0.3, -0.25) is 9.69 Å². The van der Waals surface area contributed by atoms with Crippen LogP contribution in [0.25, 0.3) is 0 Å². The molecule has 2 aromatic rings. The number of piperidine rings is 1. The van der Waals surface area contributed by atoms with E-state index in [4.69, 9.17) is 4.74 Å². The molecule has 1 N–H and O–H groups in total. The van der Waals surface area contributed by atoms with Gasteiger partial charge in [-0.2, -0.15) is 0 Å². The average molecular weight is 358 g/mol. The normalized spacial score (nSPS) is 22.9. The van der Waals surface area contributed by atoms with Gasteiger partial charge in [-0.15, -0.1) is 10.2 Å². The number of aromatic nitrogens is 2. The Morgan fingerprint density at radius 1 is 1.28 bits per heavy atom. The lowest BCUT2D eigenvalue weighted by molar-refractivity contribution is -0.121. The molecule has 1 aromatic carbocycles. The summed E-state index contributed by atoms with van der Waals surface area (Å²) in [4.78, 5) is 14.9. The van der Waals surface area contributed by atoms with Crippen molar-refractivity contribution in [2.45, 2.75) is 37.3 Å². The summed E-state index contributed by atoms with van der Waals surface area (Å²) in [6, 6.07) is 10.1. The molecule has 2 aliphatic heterocycles. The van der Waals surface area contributed by atoms with E-state index in [0.29, 0.717) is 5.19 Å².